The Labute approximate surface area is 43.0 Å². The third-order valence-electron chi connectivity index (χ3n) is 0.892. The van der Waals surface area contributed by atoms with Gasteiger partial charge in [0, 0.05) is 0 Å². The molecule has 1 heteroatoms. The summed E-state index contributed by atoms with van der Waals surface area (Å²) in [6, 6.07) is 0. The zero-order valence-corrected chi connectivity index (χ0v) is 3.96. The zero-order valence-electron chi connectivity index (χ0n) is 3.96. The smallest absolute Gasteiger partial charge is 0.0758 e. The van der Waals surface area contributed by atoms with Crippen LogP contribution in [0.3, 0.4) is 0 Å². The lowest BCUT2D eigenvalue weighted by molar-refractivity contribution is 0.225. The molecule has 0 aromatic rings. The van der Waals surface area contributed by atoms with E-state index in [0.29, 0.717) is 0 Å². The van der Waals surface area contributed by atoms with Gasteiger partial charge >= 0.3 is 0 Å². The lowest BCUT2D eigenvalue weighted by atomic mass is 10.1. The van der Waals surface area contributed by atoms with E-state index in [1.54, 1.807) is 12.2 Å². The highest BCUT2D eigenvalue weighted by atomic mass is 16.3. The van der Waals surface area contributed by atoms with Gasteiger partial charge in [-0.15, -0.1) is 0 Å². The monoisotopic (exact) mass is 95.0 g/mol. The molecule has 0 amide bonds. The summed E-state index contributed by atoms with van der Waals surface area (Å²) in [6.45, 7) is 0. The quantitative estimate of drug-likeness (QED) is 0.468. The summed E-state index contributed by atoms with van der Waals surface area (Å²) in [6.07, 6.45) is 8.58. The average molecular weight is 95.1 g/mol. The van der Waals surface area contributed by atoms with Crippen molar-refractivity contribution in [3.63, 3.8) is 0 Å². The highest BCUT2D eigenvalue weighted by molar-refractivity contribution is 5.05. The van der Waals surface area contributed by atoms with Gasteiger partial charge in [-0.2, -0.15) is 0 Å². The van der Waals surface area contributed by atoms with Crippen LogP contribution in [0.25, 0.3) is 0 Å². The van der Waals surface area contributed by atoms with Crippen LogP contribution in [-0.4, -0.2) is 11.2 Å². The summed E-state index contributed by atoms with van der Waals surface area (Å²) < 4.78 is 0. The first-order valence-electron chi connectivity index (χ1n) is 2.32. The number of aliphatic hydroxyl groups excluding tert-OH is 1. The molecule has 37 valence electrons. The molecular formula is C6H7O. The number of aliphatic hydroxyl groups is 1. The molecule has 1 atom stereocenters. The number of rotatable bonds is 0. The molecule has 1 N–H and O–H groups in total. The van der Waals surface area contributed by atoms with Gasteiger partial charge < -0.3 is 5.11 Å². The van der Waals surface area contributed by atoms with E-state index in [0.717, 1.165) is 6.42 Å². The Kier molecular flexibility index (Phi) is 1.27. The van der Waals surface area contributed by atoms with E-state index in [9.17, 15) is 0 Å². The summed E-state index contributed by atoms with van der Waals surface area (Å²) in [4.78, 5) is 0. The van der Waals surface area contributed by atoms with Gasteiger partial charge in [-0.3, -0.25) is 0 Å². The largest absolute Gasteiger partial charge is 0.389 e. The van der Waals surface area contributed by atoms with Crippen molar-refractivity contribution in [2.24, 2.45) is 0 Å². The van der Waals surface area contributed by atoms with Crippen LogP contribution < -0.4 is 0 Å². The van der Waals surface area contributed by atoms with Crippen LogP contribution in [0, 0.1) is 6.08 Å². The van der Waals surface area contributed by atoms with Crippen molar-refractivity contribution in [2.45, 2.75) is 12.5 Å². The molecule has 0 aromatic heterocycles. The molecule has 1 nitrogen and oxygen atoms in total. The fraction of sp³-hybridized carbons (Fsp3) is 0.333. The van der Waals surface area contributed by atoms with Gasteiger partial charge in [0.1, 0.15) is 0 Å². The molecule has 0 spiro atoms. The summed E-state index contributed by atoms with van der Waals surface area (Å²) >= 11 is 0. The second-order valence-corrected chi connectivity index (χ2v) is 1.53. The molecule has 0 bridgehead atoms. The van der Waals surface area contributed by atoms with Crippen molar-refractivity contribution in [2.75, 3.05) is 0 Å². The standard InChI is InChI=1S/C6H7O/c7-6-4-2-1-3-5-6/h2-4,6-7H,5H2. The second kappa shape index (κ2) is 1.94. The maximum Gasteiger partial charge on any atom is 0.0758 e. The van der Waals surface area contributed by atoms with Gasteiger partial charge in [0.2, 0.25) is 0 Å². The zero-order chi connectivity index (χ0) is 5.11. The molecule has 0 saturated heterocycles. The fourth-order valence-corrected chi connectivity index (χ4v) is 0.502. The van der Waals surface area contributed by atoms with E-state index >= 15 is 0 Å². The second-order valence-electron chi connectivity index (χ2n) is 1.53. The molecule has 1 aliphatic carbocycles. The minimum Gasteiger partial charge on any atom is -0.389 e. The molecule has 0 saturated carbocycles. The van der Waals surface area contributed by atoms with E-state index in [1.807, 2.05) is 6.08 Å². The Morgan fingerprint density at radius 3 is 2.86 bits per heavy atom. The lowest BCUT2D eigenvalue weighted by Gasteiger charge is -2.01. The molecule has 0 aliphatic heterocycles. The van der Waals surface area contributed by atoms with Crippen LogP contribution in [0.15, 0.2) is 18.2 Å². The molecule has 0 fully saturated rings. The van der Waals surface area contributed by atoms with Crippen molar-refractivity contribution in [3.05, 3.63) is 24.3 Å². The fourth-order valence-electron chi connectivity index (χ4n) is 0.502. The van der Waals surface area contributed by atoms with Crippen LogP contribution in [0.1, 0.15) is 6.42 Å². The SMILES string of the molecule is OC1C=C[C]=CC1. The van der Waals surface area contributed by atoms with Crippen LogP contribution in [0.4, 0.5) is 0 Å². The van der Waals surface area contributed by atoms with Gasteiger partial charge in [0.15, 0.2) is 0 Å². The van der Waals surface area contributed by atoms with Gasteiger partial charge in [0.25, 0.3) is 0 Å². The first kappa shape index (κ1) is 4.60. The van der Waals surface area contributed by atoms with Gasteiger partial charge in [-0.25, -0.2) is 0 Å². The highest BCUT2D eigenvalue weighted by Crippen LogP contribution is 1.99. The number of hydrogen-bond acceptors (Lipinski definition) is 1. The summed E-state index contributed by atoms with van der Waals surface area (Å²) in [5.74, 6) is 0. The Morgan fingerprint density at radius 1 is 1.71 bits per heavy atom. The molecule has 0 aromatic carbocycles. The molecular weight excluding hydrogens is 88.1 g/mol. The molecule has 0 heterocycles. The maximum absolute atomic E-state index is 8.75. The Bertz CT molecular complexity index is 103. The van der Waals surface area contributed by atoms with Gasteiger partial charge in [0.05, 0.1) is 6.10 Å². The van der Waals surface area contributed by atoms with Gasteiger partial charge in [-0.1, -0.05) is 18.2 Å². The minimum atomic E-state index is -0.263. The summed E-state index contributed by atoms with van der Waals surface area (Å²) in [5.41, 5.74) is 0. The number of hydrogen-bond donors (Lipinski definition) is 1. The molecule has 1 unspecified atom stereocenters. The van der Waals surface area contributed by atoms with E-state index in [-0.39, 0.29) is 6.10 Å². The number of allylic oxidation sites excluding steroid dienone is 2. The topological polar surface area (TPSA) is 20.2 Å². The van der Waals surface area contributed by atoms with Gasteiger partial charge in [-0.05, 0) is 12.5 Å². The van der Waals surface area contributed by atoms with E-state index in [1.165, 1.54) is 0 Å². The Morgan fingerprint density at radius 2 is 2.57 bits per heavy atom. The Hall–Kier alpha value is -0.560. The normalized spacial score (nSPS) is 28.4. The highest BCUT2D eigenvalue weighted by Gasteiger charge is 1.95. The summed E-state index contributed by atoms with van der Waals surface area (Å²) in [7, 11) is 0. The maximum atomic E-state index is 8.75. The first-order chi connectivity index (χ1) is 3.39. The van der Waals surface area contributed by atoms with Crippen molar-refractivity contribution in [3.8, 4) is 0 Å². The molecule has 1 radical (unpaired) electrons. The predicted octanol–water partition coefficient (Wildman–Crippen LogP) is 0.667. The van der Waals surface area contributed by atoms with E-state index in [4.69, 9.17) is 5.11 Å². The Balaban J connectivity index is 2.49. The van der Waals surface area contributed by atoms with Crippen LogP contribution in [0.5, 0.6) is 0 Å². The molecule has 1 aliphatic rings. The minimum absolute atomic E-state index is 0.263. The third kappa shape index (κ3) is 1.16. The lowest BCUT2D eigenvalue weighted by Crippen LogP contribution is -2.00. The van der Waals surface area contributed by atoms with Crippen LogP contribution in [-0.2, 0) is 0 Å². The summed E-state index contributed by atoms with van der Waals surface area (Å²) in [5, 5.41) is 8.75. The van der Waals surface area contributed by atoms with Crippen molar-refractivity contribution in [1.29, 1.82) is 0 Å². The van der Waals surface area contributed by atoms with Crippen LogP contribution >= 0.6 is 0 Å². The average Bonchev–Trinajstić information content (AvgIpc) is 1.69. The van der Waals surface area contributed by atoms with Crippen molar-refractivity contribution < 1.29 is 5.11 Å². The van der Waals surface area contributed by atoms with E-state index in [2.05, 4.69) is 6.08 Å². The first-order valence-corrected chi connectivity index (χ1v) is 2.32. The van der Waals surface area contributed by atoms with Crippen LogP contribution in [0.2, 0.25) is 0 Å². The van der Waals surface area contributed by atoms with Crippen molar-refractivity contribution in [1.82, 2.24) is 0 Å². The van der Waals surface area contributed by atoms with Crippen molar-refractivity contribution >= 4 is 0 Å². The van der Waals surface area contributed by atoms with E-state index < -0.39 is 0 Å². The molecule has 7 heavy (non-hydrogen) atoms. The third-order valence-corrected chi connectivity index (χ3v) is 0.892. The predicted molar refractivity (Wildman–Crippen MR) is 27.6 cm³/mol. The molecule has 1 rings (SSSR count).